The lowest BCUT2D eigenvalue weighted by Gasteiger charge is -2.20. The summed E-state index contributed by atoms with van der Waals surface area (Å²) in [5, 5.41) is 10.1. The average Bonchev–Trinajstić information content (AvgIpc) is 3.27. The van der Waals surface area contributed by atoms with Crippen LogP contribution in [0.1, 0.15) is 41.4 Å². The molecule has 0 aliphatic heterocycles. The van der Waals surface area contributed by atoms with Crippen LogP contribution in [0.3, 0.4) is 0 Å². The SMILES string of the molecule is CCNC(=O)c1ccc(C(C)n2nc(-c3cc(Cl)cc(Cl)c3)c(C)c2-c2c(S(=O)(=O)O)ccc3ccccc23)cc1. The molecule has 2 N–H and O–H groups in total. The third-order valence-corrected chi connectivity index (χ3v) is 8.38. The number of rotatable bonds is 7. The topological polar surface area (TPSA) is 101 Å². The highest BCUT2D eigenvalue weighted by molar-refractivity contribution is 7.86. The smallest absolute Gasteiger partial charge is 0.295 e. The molecule has 1 atom stereocenters. The first-order valence-electron chi connectivity index (χ1n) is 12.9. The number of aromatic nitrogens is 2. The summed E-state index contributed by atoms with van der Waals surface area (Å²) in [5.74, 6) is -0.170. The van der Waals surface area contributed by atoms with Gasteiger partial charge in [0.25, 0.3) is 16.0 Å². The Kier molecular flexibility index (Phi) is 7.94. The van der Waals surface area contributed by atoms with Crippen molar-refractivity contribution >= 4 is 50.0 Å². The van der Waals surface area contributed by atoms with Gasteiger partial charge in [0.05, 0.1) is 17.4 Å². The molecule has 0 aliphatic rings. The number of nitrogens with one attached hydrogen (secondary N) is 1. The van der Waals surface area contributed by atoms with E-state index in [4.69, 9.17) is 28.3 Å². The Morgan fingerprint density at radius 1 is 1.00 bits per heavy atom. The molecule has 0 radical (unpaired) electrons. The summed E-state index contributed by atoms with van der Waals surface area (Å²) in [5.41, 5.74) is 4.11. The first-order chi connectivity index (χ1) is 19.5. The Labute approximate surface area is 248 Å². The molecule has 1 aromatic heterocycles. The molecule has 10 heteroatoms. The summed E-state index contributed by atoms with van der Waals surface area (Å²) in [6.45, 7) is 6.16. The van der Waals surface area contributed by atoms with Gasteiger partial charge in [0.2, 0.25) is 0 Å². The van der Waals surface area contributed by atoms with Crippen molar-refractivity contribution in [2.75, 3.05) is 6.54 Å². The molecule has 41 heavy (non-hydrogen) atoms. The van der Waals surface area contributed by atoms with Crippen molar-refractivity contribution < 1.29 is 17.8 Å². The van der Waals surface area contributed by atoms with Crippen LogP contribution in [0.2, 0.25) is 10.0 Å². The first-order valence-corrected chi connectivity index (χ1v) is 15.1. The molecule has 0 saturated heterocycles. The summed E-state index contributed by atoms with van der Waals surface area (Å²) in [6.07, 6.45) is 0. The molecule has 1 amide bonds. The van der Waals surface area contributed by atoms with Gasteiger partial charge in [0, 0.05) is 38.8 Å². The number of nitrogens with zero attached hydrogens (tertiary/aromatic N) is 2. The molecule has 5 rings (SSSR count). The van der Waals surface area contributed by atoms with Crippen LogP contribution in [-0.2, 0) is 10.1 Å². The highest BCUT2D eigenvalue weighted by atomic mass is 35.5. The van der Waals surface area contributed by atoms with E-state index in [-0.39, 0.29) is 10.8 Å². The molecule has 1 unspecified atom stereocenters. The Morgan fingerprint density at radius 3 is 2.29 bits per heavy atom. The number of benzene rings is 4. The van der Waals surface area contributed by atoms with Crippen LogP contribution in [0, 0.1) is 6.92 Å². The van der Waals surface area contributed by atoms with E-state index in [1.165, 1.54) is 6.07 Å². The van der Waals surface area contributed by atoms with E-state index in [1.54, 1.807) is 41.1 Å². The average molecular weight is 609 g/mol. The van der Waals surface area contributed by atoms with Gasteiger partial charge in [-0.3, -0.25) is 14.0 Å². The lowest BCUT2D eigenvalue weighted by atomic mass is 9.97. The molecule has 0 spiro atoms. The number of amides is 1. The third-order valence-electron chi connectivity index (χ3n) is 7.05. The second kappa shape index (κ2) is 11.3. The van der Waals surface area contributed by atoms with Crippen molar-refractivity contribution in [1.82, 2.24) is 15.1 Å². The first kappa shape index (κ1) is 28.8. The van der Waals surface area contributed by atoms with Crippen LogP contribution in [0.5, 0.6) is 0 Å². The number of halogens is 2. The quantitative estimate of drug-likeness (QED) is 0.186. The highest BCUT2D eigenvalue weighted by Gasteiger charge is 2.28. The van der Waals surface area contributed by atoms with Crippen molar-refractivity contribution in [2.24, 2.45) is 0 Å². The highest BCUT2D eigenvalue weighted by Crippen LogP contribution is 2.42. The van der Waals surface area contributed by atoms with E-state index in [9.17, 15) is 17.8 Å². The van der Waals surface area contributed by atoms with E-state index in [0.717, 1.165) is 10.9 Å². The van der Waals surface area contributed by atoms with Crippen molar-refractivity contribution in [3.63, 3.8) is 0 Å². The number of carbonyl (C=O) groups excluding carboxylic acids is 1. The van der Waals surface area contributed by atoms with Gasteiger partial charge in [-0.05, 0) is 73.5 Å². The van der Waals surface area contributed by atoms with Crippen LogP contribution in [0.4, 0.5) is 0 Å². The van der Waals surface area contributed by atoms with Crippen molar-refractivity contribution in [1.29, 1.82) is 0 Å². The molecule has 0 aliphatic carbocycles. The largest absolute Gasteiger partial charge is 0.352 e. The lowest BCUT2D eigenvalue weighted by molar-refractivity contribution is 0.0955. The maximum atomic E-state index is 12.7. The van der Waals surface area contributed by atoms with E-state index in [1.807, 2.05) is 57.2 Å². The van der Waals surface area contributed by atoms with Crippen LogP contribution >= 0.6 is 23.2 Å². The molecule has 4 aromatic carbocycles. The zero-order chi connectivity index (χ0) is 29.5. The van der Waals surface area contributed by atoms with Crippen molar-refractivity contribution in [2.45, 2.75) is 31.7 Å². The molecule has 0 bridgehead atoms. The van der Waals surface area contributed by atoms with Gasteiger partial charge in [-0.15, -0.1) is 0 Å². The van der Waals surface area contributed by atoms with Gasteiger partial charge in [-0.2, -0.15) is 13.5 Å². The normalized spacial score (nSPS) is 12.4. The second-order valence-corrected chi connectivity index (χ2v) is 12.0. The zero-order valence-electron chi connectivity index (χ0n) is 22.5. The Balaban J connectivity index is 1.81. The number of hydrogen-bond acceptors (Lipinski definition) is 4. The van der Waals surface area contributed by atoms with E-state index in [0.29, 0.717) is 55.6 Å². The predicted octanol–water partition coefficient (Wildman–Crippen LogP) is 7.59. The van der Waals surface area contributed by atoms with Crippen LogP contribution < -0.4 is 5.32 Å². The van der Waals surface area contributed by atoms with E-state index in [2.05, 4.69) is 5.32 Å². The van der Waals surface area contributed by atoms with Crippen molar-refractivity contribution in [3.05, 3.63) is 106 Å². The van der Waals surface area contributed by atoms with Crippen LogP contribution in [0.15, 0.2) is 83.8 Å². The summed E-state index contributed by atoms with van der Waals surface area (Å²) >= 11 is 12.7. The number of carbonyl (C=O) groups is 1. The van der Waals surface area contributed by atoms with Gasteiger partial charge < -0.3 is 5.32 Å². The van der Waals surface area contributed by atoms with Gasteiger partial charge in [0.15, 0.2) is 0 Å². The minimum absolute atomic E-state index is 0.170. The molecule has 0 saturated carbocycles. The van der Waals surface area contributed by atoms with Gasteiger partial charge in [0.1, 0.15) is 4.90 Å². The zero-order valence-corrected chi connectivity index (χ0v) is 24.8. The maximum Gasteiger partial charge on any atom is 0.295 e. The van der Waals surface area contributed by atoms with E-state index >= 15 is 0 Å². The van der Waals surface area contributed by atoms with E-state index < -0.39 is 16.2 Å². The fourth-order valence-corrected chi connectivity index (χ4v) is 6.32. The van der Waals surface area contributed by atoms with Gasteiger partial charge >= 0.3 is 0 Å². The molecular weight excluding hydrogens is 581 g/mol. The molecule has 7 nitrogen and oxygen atoms in total. The molecule has 0 fully saturated rings. The molecular formula is C31H27Cl2N3O4S. The second-order valence-electron chi connectivity index (χ2n) is 9.72. The monoisotopic (exact) mass is 607 g/mol. The number of hydrogen-bond donors (Lipinski definition) is 2. The fraction of sp³-hybridized carbons (Fsp3) is 0.161. The Bertz CT molecular complexity index is 1880. The standard InChI is InChI=1S/C31H27Cl2N3O4S/c1-4-34-31(37)22-11-9-20(10-12-22)19(3)36-30(18(2)29(35-36)23-15-24(32)17-25(33)16-23)28-26-8-6-5-7-21(26)13-14-27(28)41(38,39)40/h5-17,19H,4H2,1-3H3,(H,34,37)(H,38,39,40). The van der Waals surface area contributed by atoms with Crippen LogP contribution in [-0.4, -0.2) is 35.2 Å². The van der Waals surface area contributed by atoms with Crippen molar-refractivity contribution in [3.8, 4) is 22.5 Å². The molecule has 210 valence electrons. The Hall–Kier alpha value is -3.69. The molecule has 1 heterocycles. The maximum absolute atomic E-state index is 12.7. The third kappa shape index (κ3) is 5.61. The molecule has 5 aromatic rings. The fourth-order valence-electron chi connectivity index (χ4n) is 5.09. The number of fused-ring (bicyclic) bond motifs is 1. The summed E-state index contributed by atoms with van der Waals surface area (Å²) < 4.78 is 37.5. The minimum atomic E-state index is -4.61. The lowest BCUT2D eigenvalue weighted by Crippen LogP contribution is -2.22. The van der Waals surface area contributed by atoms with Gasteiger partial charge in [-0.1, -0.05) is 65.7 Å². The predicted molar refractivity (Wildman–Crippen MR) is 163 cm³/mol. The summed E-state index contributed by atoms with van der Waals surface area (Å²) in [7, 11) is -4.61. The van der Waals surface area contributed by atoms with Gasteiger partial charge in [-0.25, -0.2) is 0 Å². The Morgan fingerprint density at radius 2 is 1.66 bits per heavy atom. The minimum Gasteiger partial charge on any atom is -0.352 e. The summed E-state index contributed by atoms with van der Waals surface area (Å²) in [6, 6.07) is 22.3. The van der Waals surface area contributed by atoms with Crippen LogP contribution in [0.25, 0.3) is 33.3 Å². The summed E-state index contributed by atoms with van der Waals surface area (Å²) in [4.78, 5) is 12.1.